The number of tetrazole rings is 1. The zero-order valence-electron chi connectivity index (χ0n) is 3.98. The molecule has 5 nitrogen and oxygen atoms in total. The highest BCUT2D eigenvalue weighted by Gasteiger charge is 1.86. The van der Waals surface area contributed by atoms with Crippen molar-refractivity contribution in [2.24, 2.45) is 0 Å². The van der Waals surface area contributed by atoms with E-state index in [2.05, 4.69) is 15.5 Å². The van der Waals surface area contributed by atoms with Crippen LogP contribution in [0.15, 0.2) is 6.33 Å². The molecular formula is C3H3N4O. The third-order valence-corrected chi connectivity index (χ3v) is 0.618. The Morgan fingerprint density at radius 1 is 1.75 bits per heavy atom. The topological polar surface area (TPSA) is 60.7 Å². The van der Waals surface area contributed by atoms with E-state index in [0.717, 1.165) is 0 Å². The highest BCUT2D eigenvalue weighted by molar-refractivity contribution is 5.49. The van der Waals surface area contributed by atoms with Gasteiger partial charge in [0.2, 0.25) is 6.29 Å². The van der Waals surface area contributed by atoms with Gasteiger partial charge in [0.25, 0.3) is 0 Å². The molecule has 0 aliphatic heterocycles. The molecule has 0 saturated carbocycles. The summed E-state index contributed by atoms with van der Waals surface area (Å²) in [6, 6.07) is 0. The smallest absolute Gasteiger partial charge is 0.221 e. The van der Waals surface area contributed by atoms with E-state index >= 15 is 0 Å². The van der Waals surface area contributed by atoms with E-state index in [9.17, 15) is 4.79 Å². The van der Waals surface area contributed by atoms with Gasteiger partial charge >= 0.3 is 0 Å². The number of hydrogen-bond donors (Lipinski definition) is 0. The Labute approximate surface area is 45.3 Å². The third kappa shape index (κ3) is 0.868. The minimum atomic E-state index is 0.104. The van der Waals surface area contributed by atoms with Crippen molar-refractivity contribution in [1.82, 2.24) is 20.2 Å². The summed E-state index contributed by atoms with van der Waals surface area (Å²) >= 11 is 0. The Hall–Kier alpha value is -1.26. The quantitative estimate of drug-likeness (QED) is 0.480. The maximum Gasteiger partial charge on any atom is 0.221 e. The normalized spacial score (nSPS) is 9.00. The van der Waals surface area contributed by atoms with Crippen LogP contribution >= 0.6 is 0 Å². The van der Waals surface area contributed by atoms with Gasteiger partial charge < -0.3 is 0 Å². The fourth-order valence-electron chi connectivity index (χ4n) is 0.319. The summed E-state index contributed by atoms with van der Waals surface area (Å²) in [6.45, 7) is 0.104. The Morgan fingerprint density at radius 2 is 2.62 bits per heavy atom. The molecule has 0 aliphatic rings. The predicted octanol–water partition coefficient (Wildman–Crippen LogP) is -1.22. The van der Waals surface area contributed by atoms with Crippen molar-refractivity contribution in [3.63, 3.8) is 0 Å². The minimum absolute atomic E-state index is 0.104. The van der Waals surface area contributed by atoms with Crippen LogP contribution in [0, 0.1) is 0 Å². The van der Waals surface area contributed by atoms with Crippen LogP contribution in [0.1, 0.15) is 0 Å². The lowest BCUT2D eigenvalue weighted by Crippen LogP contribution is -1.98. The van der Waals surface area contributed by atoms with Crippen LogP contribution in [0.2, 0.25) is 0 Å². The van der Waals surface area contributed by atoms with E-state index in [0.29, 0.717) is 0 Å². The number of aromatic nitrogens is 4. The standard InChI is InChI=1S/C3H3N4O/c8-2-1-7-3-4-5-6-7/h3H,1H2. The van der Waals surface area contributed by atoms with Crippen molar-refractivity contribution in [3.8, 4) is 0 Å². The number of nitrogens with zero attached hydrogens (tertiary/aromatic N) is 4. The van der Waals surface area contributed by atoms with Gasteiger partial charge in [-0.2, -0.15) is 0 Å². The zero-order valence-corrected chi connectivity index (χ0v) is 3.98. The minimum Gasteiger partial charge on any atom is -0.289 e. The van der Waals surface area contributed by atoms with Crippen molar-refractivity contribution in [3.05, 3.63) is 6.33 Å². The fraction of sp³-hybridized carbons (Fsp3) is 0.333. The SMILES string of the molecule is O=[C]Cn1cnnn1. The molecule has 0 fully saturated rings. The number of carbonyl (C=O) groups excluding carboxylic acids is 1. The summed E-state index contributed by atoms with van der Waals surface area (Å²) in [6.07, 6.45) is 2.99. The Morgan fingerprint density at radius 3 is 3.12 bits per heavy atom. The molecule has 0 aromatic carbocycles. The molecule has 0 aliphatic carbocycles. The van der Waals surface area contributed by atoms with Crippen LogP contribution in [0.3, 0.4) is 0 Å². The van der Waals surface area contributed by atoms with Gasteiger partial charge in [0.15, 0.2) is 0 Å². The molecule has 41 valence electrons. The molecule has 5 heteroatoms. The highest BCUT2D eigenvalue weighted by Crippen LogP contribution is 1.69. The maximum absolute atomic E-state index is 9.63. The third-order valence-electron chi connectivity index (χ3n) is 0.618. The molecule has 0 atom stereocenters. The lowest BCUT2D eigenvalue weighted by Gasteiger charge is -1.81. The van der Waals surface area contributed by atoms with Gasteiger partial charge in [0.1, 0.15) is 12.9 Å². The lowest BCUT2D eigenvalue weighted by atomic mass is 10.7. The Balaban J connectivity index is 2.62. The molecule has 1 rings (SSSR count). The number of hydrogen-bond acceptors (Lipinski definition) is 4. The van der Waals surface area contributed by atoms with Crippen molar-refractivity contribution in [2.75, 3.05) is 0 Å². The molecule has 0 unspecified atom stereocenters. The van der Waals surface area contributed by atoms with Crippen LogP contribution in [0.5, 0.6) is 0 Å². The zero-order chi connectivity index (χ0) is 5.82. The van der Waals surface area contributed by atoms with E-state index in [-0.39, 0.29) is 6.54 Å². The summed E-state index contributed by atoms with van der Waals surface area (Å²) in [5.41, 5.74) is 0. The molecule has 1 heterocycles. The molecule has 1 radical (unpaired) electrons. The van der Waals surface area contributed by atoms with Crippen molar-refractivity contribution < 1.29 is 4.79 Å². The van der Waals surface area contributed by atoms with Gasteiger partial charge in [-0.3, -0.25) is 4.79 Å². The summed E-state index contributed by atoms with van der Waals surface area (Å²) in [5.74, 6) is 0. The summed E-state index contributed by atoms with van der Waals surface area (Å²) in [4.78, 5) is 9.63. The van der Waals surface area contributed by atoms with Gasteiger partial charge in [-0.1, -0.05) is 0 Å². The van der Waals surface area contributed by atoms with Gasteiger partial charge in [0, 0.05) is 0 Å². The Bertz CT molecular complexity index is 158. The van der Waals surface area contributed by atoms with Crippen molar-refractivity contribution >= 4 is 6.29 Å². The van der Waals surface area contributed by atoms with Crippen LogP contribution < -0.4 is 0 Å². The van der Waals surface area contributed by atoms with Crippen LogP contribution in [-0.2, 0) is 11.3 Å². The molecule has 1 aromatic rings. The second kappa shape index (κ2) is 2.15. The van der Waals surface area contributed by atoms with Crippen molar-refractivity contribution in [1.29, 1.82) is 0 Å². The molecule has 0 amide bonds. The predicted molar refractivity (Wildman–Crippen MR) is 23.5 cm³/mol. The van der Waals surface area contributed by atoms with E-state index < -0.39 is 0 Å². The van der Waals surface area contributed by atoms with E-state index in [4.69, 9.17) is 0 Å². The van der Waals surface area contributed by atoms with Gasteiger partial charge in [-0.25, -0.2) is 4.68 Å². The first-order chi connectivity index (χ1) is 3.93. The average molecular weight is 111 g/mol. The fourth-order valence-corrected chi connectivity index (χ4v) is 0.319. The second-order valence-electron chi connectivity index (χ2n) is 1.15. The van der Waals surface area contributed by atoms with Gasteiger partial charge in [0.05, 0.1) is 0 Å². The highest BCUT2D eigenvalue weighted by atomic mass is 16.1. The molecule has 0 saturated heterocycles. The lowest BCUT2D eigenvalue weighted by molar-refractivity contribution is 0.535. The Kier molecular flexibility index (Phi) is 1.32. The first kappa shape index (κ1) is 4.89. The average Bonchev–Trinajstić information content (AvgIpc) is 2.19. The molecule has 0 spiro atoms. The summed E-state index contributed by atoms with van der Waals surface area (Å²) < 4.78 is 1.28. The summed E-state index contributed by atoms with van der Waals surface area (Å²) in [7, 11) is 0. The van der Waals surface area contributed by atoms with Crippen molar-refractivity contribution in [2.45, 2.75) is 6.54 Å². The van der Waals surface area contributed by atoms with E-state index in [1.807, 2.05) is 0 Å². The first-order valence-corrected chi connectivity index (χ1v) is 1.99. The largest absolute Gasteiger partial charge is 0.289 e. The van der Waals surface area contributed by atoms with Gasteiger partial charge in [-0.05, 0) is 10.4 Å². The molecule has 8 heavy (non-hydrogen) atoms. The number of rotatable bonds is 2. The van der Waals surface area contributed by atoms with E-state index in [1.54, 1.807) is 6.29 Å². The van der Waals surface area contributed by atoms with E-state index in [1.165, 1.54) is 11.0 Å². The van der Waals surface area contributed by atoms with Crippen LogP contribution in [-0.4, -0.2) is 26.5 Å². The molecule has 1 aromatic heterocycles. The molecule has 0 bridgehead atoms. The molecule has 0 N–H and O–H groups in total. The second-order valence-corrected chi connectivity index (χ2v) is 1.15. The summed E-state index contributed by atoms with van der Waals surface area (Å²) in [5, 5.41) is 9.99. The first-order valence-electron chi connectivity index (χ1n) is 1.99. The molecular weight excluding hydrogens is 108 g/mol. The maximum atomic E-state index is 9.63. The monoisotopic (exact) mass is 111 g/mol. The van der Waals surface area contributed by atoms with Gasteiger partial charge in [-0.15, -0.1) is 5.10 Å². The van der Waals surface area contributed by atoms with Crippen LogP contribution in [0.4, 0.5) is 0 Å². The van der Waals surface area contributed by atoms with Crippen LogP contribution in [0.25, 0.3) is 0 Å².